The predicted molar refractivity (Wildman–Crippen MR) is 299 cm³/mol. The lowest BCUT2D eigenvalue weighted by atomic mass is 9.37. The number of pyridine rings is 1. The summed E-state index contributed by atoms with van der Waals surface area (Å²) in [6.45, 7) is 24.0. The first-order chi connectivity index (χ1) is 23.8. The van der Waals surface area contributed by atoms with Crippen molar-refractivity contribution in [2.24, 2.45) is 0 Å². The Hall–Kier alpha value is -1.96. The smallest absolute Gasteiger partial charge is 0.293 e. The Morgan fingerprint density at radius 3 is 0.984 bits per heavy atom. The molecule has 4 aromatic rings. The van der Waals surface area contributed by atoms with Gasteiger partial charge in [0.2, 0.25) is 6.71 Å². The van der Waals surface area contributed by atoms with Crippen LogP contribution in [0, 0.1) is 6.92 Å². The molecule has 6 N–H and O–H groups in total. The molecule has 61 heavy (non-hydrogen) atoms. The van der Waals surface area contributed by atoms with Crippen LogP contribution in [-0.2, 0) is 4.65 Å². The number of aromatic nitrogens is 1. The molecule has 0 fully saturated rings. The highest BCUT2D eigenvalue weighted by molar-refractivity contribution is 7.59. The SMILES string of the molecule is CCB(CC)OC(CC)(CC)CC.CCN(CC)CC.CNC.Cc1ccccn1.N.O.P.S.[B].[B].[B].[B].[B].[B].[B].[B].c1ccc(B(c2ccccc2)c2ccccc2)cc1. The van der Waals surface area contributed by atoms with Crippen LogP contribution in [0.5, 0.6) is 0 Å². The average molecular weight is 855 g/mol. The largest absolute Gasteiger partial charge is 0.431 e. The molecule has 0 saturated heterocycles. The Morgan fingerprint density at radius 1 is 0.541 bits per heavy atom. The van der Waals surface area contributed by atoms with Gasteiger partial charge in [-0.3, -0.25) is 4.98 Å². The molecular formula is C43H79B10N4O2PS. The van der Waals surface area contributed by atoms with Crippen LogP contribution >= 0.6 is 23.4 Å². The van der Waals surface area contributed by atoms with Gasteiger partial charge in [-0.25, -0.2) is 0 Å². The number of nitrogens with one attached hydrogen (secondary N) is 1. The highest BCUT2D eigenvalue weighted by Crippen LogP contribution is 2.26. The number of benzene rings is 3. The van der Waals surface area contributed by atoms with Crippen molar-refractivity contribution in [3.05, 3.63) is 121 Å². The second-order valence-corrected chi connectivity index (χ2v) is 12.1. The average Bonchev–Trinajstić information content (AvgIpc) is 3.16. The molecule has 0 aliphatic rings. The van der Waals surface area contributed by atoms with Gasteiger partial charge in [-0.05, 0) is 72.0 Å². The number of rotatable bonds is 13. The topological polar surface area (TPSA) is 104 Å². The van der Waals surface area contributed by atoms with Crippen molar-refractivity contribution in [1.29, 1.82) is 0 Å². The molecule has 1 atom stereocenters. The Kier molecular flexibility index (Phi) is 95.9. The zero-order valence-electron chi connectivity index (χ0n) is 40.1. The minimum atomic E-state index is 0. The molecule has 0 aliphatic carbocycles. The first kappa shape index (κ1) is 93.8. The van der Waals surface area contributed by atoms with E-state index in [0.717, 1.165) is 37.6 Å². The van der Waals surface area contributed by atoms with Gasteiger partial charge in [0, 0.05) is 79.2 Å². The molecule has 1 heterocycles. The van der Waals surface area contributed by atoms with E-state index in [0.29, 0.717) is 13.6 Å². The molecule has 1 unspecified atom stereocenters. The van der Waals surface area contributed by atoms with Crippen LogP contribution in [0.1, 0.15) is 80.3 Å². The standard InChI is InChI=1S/C18H15B.C11H25BO.C6H7N.C6H15N.C2H7N.8B.H3N.H2O.H3P.H2S/c1-4-10-16(11-5-1)19(17-12-6-2-7-13-17)18-14-8-3-9-15-18;1-6-11(7-2,8-3)13-12(9-4)10-5;1-6-4-2-3-5-7-6;1-4-7(5-2)6-3;1-3-2;;;;;;;;;;;;/h1-15H;6-10H2,1-5H3;2-5H,1H3;4-6H2,1-3H3;3H,1-2H3;;;;;;;;;1H3;1H2;1H3;1H2. The van der Waals surface area contributed by atoms with Gasteiger partial charge >= 0.3 is 0 Å². The summed E-state index contributed by atoms with van der Waals surface area (Å²) in [5.74, 6) is 0. The van der Waals surface area contributed by atoms with E-state index >= 15 is 0 Å². The predicted octanol–water partition coefficient (Wildman–Crippen LogP) is 5.24. The Labute approximate surface area is 404 Å². The lowest BCUT2D eigenvalue weighted by Gasteiger charge is -2.34. The molecular weight excluding hydrogens is 776 g/mol. The molecule has 4 rings (SSSR count). The van der Waals surface area contributed by atoms with E-state index in [1.165, 1.54) is 36.0 Å². The third-order valence-corrected chi connectivity index (χ3v) is 8.81. The first-order valence-electron chi connectivity index (χ1n) is 18.8. The molecule has 3 aromatic carbocycles. The lowest BCUT2D eigenvalue weighted by molar-refractivity contribution is 0.0528. The third-order valence-electron chi connectivity index (χ3n) is 8.81. The van der Waals surface area contributed by atoms with Gasteiger partial charge in [0.1, 0.15) is 0 Å². The monoisotopic (exact) mass is 857 g/mol. The molecule has 0 saturated carbocycles. The van der Waals surface area contributed by atoms with Gasteiger partial charge in [0.05, 0.1) is 5.60 Å². The van der Waals surface area contributed by atoms with E-state index in [9.17, 15) is 0 Å². The van der Waals surface area contributed by atoms with E-state index in [1.54, 1.807) is 6.20 Å². The number of aryl methyl sites for hydroxylation is 1. The van der Waals surface area contributed by atoms with Crippen molar-refractivity contribution in [2.45, 2.75) is 99.8 Å². The number of nitrogens with zero attached hydrogens (tertiary/aromatic N) is 2. The summed E-state index contributed by atoms with van der Waals surface area (Å²) < 4.78 is 6.18. The molecule has 0 spiro atoms. The fourth-order valence-electron chi connectivity index (χ4n) is 5.44. The van der Waals surface area contributed by atoms with Crippen molar-refractivity contribution < 1.29 is 10.1 Å². The van der Waals surface area contributed by atoms with Gasteiger partial charge < -0.3 is 26.5 Å². The maximum absolute atomic E-state index is 6.18. The summed E-state index contributed by atoms with van der Waals surface area (Å²) in [7, 11) is 3.75. The molecule has 324 valence electrons. The van der Waals surface area contributed by atoms with Crippen molar-refractivity contribution in [3.63, 3.8) is 0 Å². The molecule has 24 radical (unpaired) electrons. The molecule has 18 heteroatoms. The normalized spacial score (nSPS) is 8.13. The minimum absolute atomic E-state index is 0. The van der Waals surface area contributed by atoms with Crippen LogP contribution < -0.4 is 27.9 Å². The molecule has 6 nitrogen and oxygen atoms in total. The molecule has 0 bridgehead atoms. The quantitative estimate of drug-likeness (QED) is 0.142. The van der Waals surface area contributed by atoms with Crippen LogP contribution in [0.2, 0.25) is 12.6 Å². The highest BCUT2D eigenvalue weighted by Gasteiger charge is 2.28. The summed E-state index contributed by atoms with van der Waals surface area (Å²) in [5.41, 5.74) is 5.22. The summed E-state index contributed by atoms with van der Waals surface area (Å²) in [4.78, 5) is 6.35. The fraction of sp³-hybridized carbons (Fsp3) is 0.465. The van der Waals surface area contributed by atoms with Crippen LogP contribution in [0.15, 0.2) is 115 Å². The van der Waals surface area contributed by atoms with E-state index in [4.69, 9.17) is 4.65 Å². The molecule has 0 amide bonds. The van der Waals surface area contributed by atoms with E-state index in [2.05, 4.69) is 162 Å². The maximum Gasteiger partial charge on any atom is 0.293 e. The first-order valence-corrected chi connectivity index (χ1v) is 18.8. The zero-order valence-corrected chi connectivity index (χ0v) is 42.5. The van der Waals surface area contributed by atoms with Crippen LogP contribution in [0.4, 0.5) is 0 Å². The van der Waals surface area contributed by atoms with Crippen LogP contribution in [0.25, 0.3) is 0 Å². The number of hydrogen-bond donors (Lipinski definition) is 2. The summed E-state index contributed by atoms with van der Waals surface area (Å²) in [6.07, 6.45) is 7.47. The Morgan fingerprint density at radius 2 is 0.820 bits per heavy atom. The summed E-state index contributed by atoms with van der Waals surface area (Å²) >= 11 is 0. The summed E-state index contributed by atoms with van der Waals surface area (Å²) in [5, 5.41) is 2.75. The van der Waals surface area contributed by atoms with Gasteiger partial charge in [0.25, 0.3) is 6.92 Å². The van der Waals surface area contributed by atoms with Crippen molar-refractivity contribution in [2.75, 3.05) is 33.7 Å². The Bertz CT molecular complexity index is 1180. The zero-order chi connectivity index (χ0) is 36.8. The molecule has 0 aliphatic heterocycles. The van der Waals surface area contributed by atoms with E-state index < -0.39 is 0 Å². The van der Waals surface area contributed by atoms with Gasteiger partial charge in [0.15, 0.2) is 0 Å². The van der Waals surface area contributed by atoms with E-state index in [1.807, 2.05) is 39.2 Å². The Balaban J connectivity index is -0.0000000447. The third kappa shape index (κ3) is 41.8. The van der Waals surface area contributed by atoms with Gasteiger partial charge in [-0.15, -0.1) is 0 Å². The van der Waals surface area contributed by atoms with Crippen molar-refractivity contribution >= 4 is 121 Å². The van der Waals surface area contributed by atoms with Gasteiger partial charge in [-0.1, -0.05) is 181 Å². The molecule has 1 aromatic heterocycles. The second kappa shape index (κ2) is 62.3. The van der Waals surface area contributed by atoms with Gasteiger partial charge in [-0.2, -0.15) is 23.4 Å². The van der Waals surface area contributed by atoms with E-state index in [-0.39, 0.29) is 108 Å². The van der Waals surface area contributed by atoms with Crippen molar-refractivity contribution in [1.82, 2.24) is 21.4 Å². The van der Waals surface area contributed by atoms with Crippen LogP contribution in [0.3, 0.4) is 0 Å². The number of hydrogen-bond acceptors (Lipinski definition) is 5. The lowest BCUT2D eigenvalue weighted by Crippen LogP contribution is -2.51. The van der Waals surface area contributed by atoms with Crippen LogP contribution in [-0.4, -0.2) is 136 Å². The summed E-state index contributed by atoms with van der Waals surface area (Å²) in [6, 6.07) is 37.9. The maximum atomic E-state index is 6.18. The minimum Gasteiger partial charge on any atom is -0.431 e. The second-order valence-electron chi connectivity index (χ2n) is 12.1. The fourth-order valence-corrected chi connectivity index (χ4v) is 5.44. The highest BCUT2D eigenvalue weighted by atomic mass is 32.1. The van der Waals surface area contributed by atoms with Crippen molar-refractivity contribution in [3.8, 4) is 0 Å².